The zero-order valence-corrected chi connectivity index (χ0v) is 13.0. The molecule has 1 unspecified atom stereocenters. The summed E-state index contributed by atoms with van der Waals surface area (Å²) in [6, 6.07) is 8.44. The minimum Gasteiger partial charge on any atom is -0.409 e. The number of amidine groups is 1. The molecular weight excluding hydrogens is 264 g/mol. The number of oxime groups is 1. The Labute approximate surface area is 127 Å². The van der Waals surface area contributed by atoms with Crippen molar-refractivity contribution >= 4 is 11.5 Å². The Bertz CT molecular complexity index is 489. The first kappa shape index (κ1) is 15.6. The third kappa shape index (κ3) is 3.88. The van der Waals surface area contributed by atoms with Crippen molar-refractivity contribution in [3.63, 3.8) is 0 Å². The molecule has 1 aromatic rings. The summed E-state index contributed by atoms with van der Waals surface area (Å²) < 4.78 is 0. The van der Waals surface area contributed by atoms with E-state index in [0.717, 1.165) is 24.2 Å². The van der Waals surface area contributed by atoms with Crippen molar-refractivity contribution in [2.24, 2.45) is 10.9 Å². The molecule has 0 aromatic heterocycles. The summed E-state index contributed by atoms with van der Waals surface area (Å²) in [7, 11) is 4.28. The van der Waals surface area contributed by atoms with Crippen LogP contribution in [0, 0.1) is 0 Å². The number of anilines is 1. The van der Waals surface area contributed by atoms with E-state index in [4.69, 9.17) is 10.9 Å². The SMILES string of the molecule is CN(CCC1CCCCN1C)c1ccccc1/C(N)=N/O. The molecule has 0 amide bonds. The van der Waals surface area contributed by atoms with Gasteiger partial charge in [0.05, 0.1) is 0 Å². The maximum absolute atomic E-state index is 8.90. The normalized spacial score (nSPS) is 20.5. The molecule has 0 spiro atoms. The molecule has 1 saturated heterocycles. The highest BCUT2D eigenvalue weighted by Gasteiger charge is 2.19. The van der Waals surface area contributed by atoms with E-state index < -0.39 is 0 Å². The molecule has 1 atom stereocenters. The molecule has 0 radical (unpaired) electrons. The number of hydrogen-bond donors (Lipinski definition) is 2. The molecule has 5 nitrogen and oxygen atoms in total. The highest BCUT2D eigenvalue weighted by Crippen LogP contribution is 2.22. The number of likely N-dealkylation sites (tertiary alicyclic amines) is 1. The van der Waals surface area contributed by atoms with E-state index in [-0.39, 0.29) is 5.84 Å². The predicted molar refractivity (Wildman–Crippen MR) is 87.1 cm³/mol. The van der Waals surface area contributed by atoms with E-state index in [9.17, 15) is 0 Å². The number of piperidine rings is 1. The standard InChI is InChI=1S/C16H26N4O/c1-19-11-6-5-7-13(19)10-12-20(2)15-9-4-3-8-14(15)16(17)18-21/h3-4,8-9,13,21H,5-7,10-12H2,1-2H3,(H2,17,18). The number of rotatable bonds is 5. The lowest BCUT2D eigenvalue weighted by Crippen LogP contribution is -2.38. The lowest BCUT2D eigenvalue weighted by atomic mass is 10.00. The third-order valence-corrected chi connectivity index (χ3v) is 4.42. The molecule has 5 heteroatoms. The molecule has 1 aromatic carbocycles. The molecule has 1 aliphatic rings. The van der Waals surface area contributed by atoms with Crippen LogP contribution in [-0.2, 0) is 0 Å². The van der Waals surface area contributed by atoms with Crippen LogP contribution in [-0.4, -0.2) is 49.2 Å². The van der Waals surface area contributed by atoms with Gasteiger partial charge in [-0.25, -0.2) is 0 Å². The topological polar surface area (TPSA) is 65.1 Å². The lowest BCUT2D eigenvalue weighted by molar-refractivity contribution is 0.178. The maximum atomic E-state index is 8.90. The first-order valence-corrected chi connectivity index (χ1v) is 7.61. The molecule has 21 heavy (non-hydrogen) atoms. The maximum Gasteiger partial charge on any atom is 0.172 e. The fraction of sp³-hybridized carbons (Fsp3) is 0.562. The number of benzene rings is 1. The molecule has 2 rings (SSSR count). The van der Waals surface area contributed by atoms with Crippen molar-refractivity contribution in [2.45, 2.75) is 31.7 Å². The molecule has 0 bridgehead atoms. The van der Waals surface area contributed by atoms with Crippen molar-refractivity contribution in [2.75, 3.05) is 32.1 Å². The van der Waals surface area contributed by atoms with E-state index in [1.807, 2.05) is 24.3 Å². The van der Waals surface area contributed by atoms with Crippen molar-refractivity contribution in [1.29, 1.82) is 0 Å². The largest absolute Gasteiger partial charge is 0.409 e. The van der Waals surface area contributed by atoms with Gasteiger partial charge < -0.3 is 20.7 Å². The van der Waals surface area contributed by atoms with Gasteiger partial charge in [-0.1, -0.05) is 23.7 Å². The molecule has 0 aliphatic carbocycles. The van der Waals surface area contributed by atoms with Crippen molar-refractivity contribution < 1.29 is 5.21 Å². The van der Waals surface area contributed by atoms with Crippen molar-refractivity contribution in [1.82, 2.24) is 4.90 Å². The predicted octanol–water partition coefficient (Wildman–Crippen LogP) is 2.09. The van der Waals surface area contributed by atoms with Gasteiger partial charge in [0.1, 0.15) is 0 Å². The number of para-hydroxylation sites is 1. The first-order valence-electron chi connectivity index (χ1n) is 7.61. The lowest BCUT2D eigenvalue weighted by Gasteiger charge is -2.34. The average Bonchev–Trinajstić information content (AvgIpc) is 2.53. The molecule has 3 N–H and O–H groups in total. The minimum absolute atomic E-state index is 0.159. The average molecular weight is 290 g/mol. The summed E-state index contributed by atoms with van der Waals surface area (Å²) in [5.41, 5.74) is 7.54. The number of nitrogens with two attached hydrogens (primary N) is 1. The zero-order chi connectivity index (χ0) is 15.2. The van der Waals surface area contributed by atoms with Gasteiger partial charge >= 0.3 is 0 Å². The van der Waals surface area contributed by atoms with Gasteiger partial charge in [0.2, 0.25) is 0 Å². The zero-order valence-electron chi connectivity index (χ0n) is 13.0. The second-order valence-corrected chi connectivity index (χ2v) is 5.84. The smallest absolute Gasteiger partial charge is 0.172 e. The monoisotopic (exact) mass is 290 g/mol. The van der Waals surface area contributed by atoms with Crippen LogP contribution >= 0.6 is 0 Å². The van der Waals surface area contributed by atoms with E-state index in [1.54, 1.807) is 0 Å². The van der Waals surface area contributed by atoms with Gasteiger partial charge in [0, 0.05) is 30.9 Å². The summed E-state index contributed by atoms with van der Waals surface area (Å²) in [6.07, 6.45) is 5.07. The fourth-order valence-electron chi connectivity index (χ4n) is 3.05. The van der Waals surface area contributed by atoms with E-state index in [2.05, 4.69) is 29.1 Å². The van der Waals surface area contributed by atoms with Gasteiger partial charge in [-0.05, 0) is 45.0 Å². The Morgan fingerprint density at radius 3 is 2.90 bits per heavy atom. The van der Waals surface area contributed by atoms with Crippen LogP contribution in [0.25, 0.3) is 0 Å². The van der Waals surface area contributed by atoms with Crippen LogP contribution in [0.3, 0.4) is 0 Å². The molecule has 116 valence electrons. The Kier molecular flexibility index (Phi) is 5.44. The Morgan fingerprint density at radius 2 is 2.19 bits per heavy atom. The Balaban J connectivity index is 2.02. The van der Waals surface area contributed by atoms with E-state index in [0.29, 0.717) is 6.04 Å². The summed E-state index contributed by atoms with van der Waals surface area (Å²) in [4.78, 5) is 4.66. The van der Waals surface area contributed by atoms with Crippen LogP contribution in [0.4, 0.5) is 5.69 Å². The second-order valence-electron chi connectivity index (χ2n) is 5.84. The molecule has 0 saturated carbocycles. The third-order valence-electron chi connectivity index (χ3n) is 4.42. The fourth-order valence-corrected chi connectivity index (χ4v) is 3.05. The van der Waals surface area contributed by atoms with Crippen molar-refractivity contribution in [3.8, 4) is 0 Å². The highest BCUT2D eigenvalue weighted by atomic mass is 16.4. The van der Waals surface area contributed by atoms with Gasteiger partial charge in [-0.15, -0.1) is 0 Å². The van der Waals surface area contributed by atoms with Crippen molar-refractivity contribution in [3.05, 3.63) is 29.8 Å². The number of nitrogens with zero attached hydrogens (tertiary/aromatic N) is 3. The molecule has 1 heterocycles. The quantitative estimate of drug-likeness (QED) is 0.377. The van der Waals surface area contributed by atoms with Crippen LogP contribution in [0.2, 0.25) is 0 Å². The van der Waals surface area contributed by atoms with Crippen LogP contribution in [0.5, 0.6) is 0 Å². The van der Waals surface area contributed by atoms with Gasteiger partial charge in [0.15, 0.2) is 5.84 Å². The van der Waals surface area contributed by atoms with Gasteiger partial charge in [-0.3, -0.25) is 0 Å². The van der Waals surface area contributed by atoms with Crippen LogP contribution in [0.15, 0.2) is 29.4 Å². The van der Waals surface area contributed by atoms with E-state index >= 15 is 0 Å². The van der Waals surface area contributed by atoms with Crippen LogP contribution in [0.1, 0.15) is 31.2 Å². The summed E-state index contributed by atoms with van der Waals surface area (Å²) in [6.45, 7) is 2.17. The van der Waals surface area contributed by atoms with E-state index in [1.165, 1.54) is 25.8 Å². The molecule has 1 aliphatic heterocycles. The summed E-state index contributed by atoms with van der Waals surface area (Å²) in [5, 5.41) is 12.0. The van der Waals surface area contributed by atoms with Crippen LogP contribution < -0.4 is 10.6 Å². The summed E-state index contributed by atoms with van der Waals surface area (Å²) in [5.74, 6) is 0.159. The molecular formula is C16H26N4O. The minimum atomic E-state index is 0.159. The Hall–Kier alpha value is -1.75. The van der Waals surface area contributed by atoms with Gasteiger partial charge in [-0.2, -0.15) is 0 Å². The molecule has 1 fully saturated rings. The number of hydrogen-bond acceptors (Lipinski definition) is 4. The second kappa shape index (κ2) is 7.31. The van der Waals surface area contributed by atoms with Gasteiger partial charge in [0.25, 0.3) is 0 Å². The Morgan fingerprint density at radius 1 is 1.43 bits per heavy atom. The summed E-state index contributed by atoms with van der Waals surface area (Å²) >= 11 is 0. The first-order chi connectivity index (χ1) is 10.1. The highest BCUT2D eigenvalue weighted by molar-refractivity contribution is 6.02.